The zero-order chi connectivity index (χ0) is 11.4. The second-order valence-corrected chi connectivity index (χ2v) is 4.22. The Labute approximate surface area is 89.4 Å². The van der Waals surface area contributed by atoms with Crippen molar-refractivity contribution in [1.82, 2.24) is 10.2 Å². The number of hydrogen-bond donors (Lipinski definition) is 2. The highest BCUT2D eigenvalue weighted by molar-refractivity contribution is 5.75. The Morgan fingerprint density at radius 1 is 1.47 bits per heavy atom. The van der Waals surface area contributed by atoms with Gasteiger partial charge in [0.05, 0.1) is 6.42 Å². The molecule has 1 saturated heterocycles. The van der Waals surface area contributed by atoms with Gasteiger partial charge < -0.3 is 15.3 Å². The number of likely N-dealkylation sites (tertiary alicyclic amines) is 1. The van der Waals surface area contributed by atoms with Crippen molar-refractivity contribution in [1.29, 1.82) is 0 Å². The van der Waals surface area contributed by atoms with E-state index in [0.717, 1.165) is 13.0 Å². The van der Waals surface area contributed by atoms with Gasteiger partial charge in [0.2, 0.25) is 0 Å². The number of hydrogen-bond acceptors (Lipinski definition) is 2. The molecule has 5 heteroatoms. The van der Waals surface area contributed by atoms with Crippen LogP contribution in [0.1, 0.15) is 26.7 Å². The molecule has 2 unspecified atom stereocenters. The van der Waals surface area contributed by atoms with E-state index in [1.54, 1.807) is 4.90 Å². The van der Waals surface area contributed by atoms with E-state index in [1.165, 1.54) is 0 Å². The van der Waals surface area contributed by atoms with Crippen LogP contribution in [0.4, 0.5) is 4.79 Å². The van der Waals surface area contributed by atoms with Crippen molar-refractivity contribution in [2.45, 2.75) is 32.7 Å². The molecule has 0 radical (unpaired) electrons. The molecule has 2 N–H and O–H groups in total. The molecule has 5 nitrogen and oxygen atoms in total. The lowest BCUT2D eigenvalue weighted by molar-refractivity contribution is -0.136. The molecule has 1 rings (SSSR count). The number of carbonyl (C=O) groups excluding carboxylic acids is 1. The molecule has 0 aromatic heterocycles. The van der Waals surface area contributed by atoms with Gasteiger partial charge in [0, 0.05) is 19.1 Å². The predicted octanol–water partition coefficient (Wildman–Crippen LogP) is 0.901. The normalized spacial score (nSPS) is 25.3. The molecule has 1 fully saturated rings. The van der Waals surface area contributed by atoms with Crippen molar-refractivity contribution in [3.05, 3.63) is 0 Å². The average Bonchev–Trinajstić information content (AvgIpc) is 2.44. The van der Waals surface area contributed by atoms with E-state index in [9.17, 15) is 9.59 Å². The Balaban J connectivity index is 2.31. The maximum Gasteiger partial charge on any atom is 0.317 e. The minimum Gasteiger partial charge on any atom is -0.481 e. The first-order valence-electron chi connectivity index (χ1n) is 5.27. The summed E-state index contributed by atoms with van der Waals surface area (Å²) in [6.07, 6.45) is 0.996. The van der Waals surface area contributed by atoms with Gasteiger partial charge in [0.15, 0.2) is 0 Å². The van der Waals surface area contributed by atoms with Crippen molar-refractivity contribution >= 4 is 12.0 Å². The van der Waals surface area contributed by atoms with Gasteiger partial charge in [-0.2, -0.15) is 0 Å². The number of aliphatic carboxylic acids is 1. The number of rotatable bonds is 3. The van der Waals surface area contributed by atoms with Crippen LogP contribution in [0.2, 0.25) is 0 Å². The summed E-state index contributed by atoms with van der Waals surface area (Å²) in [5.41, 5.74) is 0. The molecule has 2 amide bonds. The van der Waals surface area contributed by atoms with Crippen molar-refractivity contribution in [3.8, 4) is 0 Å². The summed E-state index contributed by atoms with van der Waals surface area (Å²) in [5.74, 6) is -0.358. The molecule has 0 saturated carbocycles. The lowest BCUT2D eigenvalue weighted by Crippen LogP contribution is -2.42. The molecule has 0 spiro atoms. The van der Waals surface area contributed by atoms with E-state index >= 15 is 0 Å². The van der Waals surface area contributed by atoms with Crippen molar-refractivity contribution in [2.24, 2.45) is 5.92 Å². The zero-order valence-electron chi connectivity index (χ0n) is 9.19. The minimum absolute atomic E-state index is 0.0243. The predicted molar refractivity (Wildman–Crippen MR) is 55.6 cm³/mol. The molecular formula is C10H18N2O3. The van der Waals surface area contributed by atoms with Gasteiger partial charge in [-0.1, -0.05) is 6.92 Å². The highest BCUT2D eigenvalue weighted by Crippen LogP contribution is 2.21. The number of carboxylic acids is 1. The first-order chi connectivity index (χ1) is 7.00. The van der Waals surface area contributed by atoms with Gasteiger partial charge in [-0.25, -0.2) is 4.79 Å². The average molecular weight is 214 g/mol. The Bertz CT molecular complexity index is 255. The Kier molecular flexibility index (Phi) is 3.94. The van der Waals surface area contributed by atoms with E-state index in [-0.39, 0.29) is 25.0 Å². The Hall–Kier alpha value is -1.26. The van der Waals surface area contributed by atoms with Crippen LogP contribution >= 0.6 is 0 Å². The van der Waals surface area contributed by atoms with Gasteiger partial charge in [0.25, 0.3) is 0 Å². The summed E-state index contributed by atoms with van der Waals surface area (Å²) in [6, 6.07) is 0.109. The van der Waals surface area contributed by atoms with Crippen LogP contribution in [-0.2, 0) is 4.79 Å². The van der Waals surface area contributed by atoms with E-state index in [0.29, 0.717) is 5.92 Å². The molecule has 86 valence electrons. The van der Waals surface area contributed by atoms with Crippen LogP contribution in [0.25, 0.3) is 0 Å². The first-order valence-corrected chi connectivity index (χ1v) is 5.27. The first kappa shape index (κ1) is 11.8. The molecule has 15 heavy (non-hydrogen) atoms. The monoisotopic (exact) mass is 214 g/mol. The molecule has 0 bridgehead atoms. The molecule has 0 aromatic carbocycles. The van der Waals surface area contributed by atoms with Crippen molar-refractivity contribution < 1.29 is 14.7 Å². The van der Waals surface area contributed by atoms with Crippen LogP contribution in [-0.4, -0.2) is 41.1 Å². The highest BCUT2D eigenvalue weighted by Gasteiger charge is 2.29. The third-order valence-corrected chi connectivity index (χ3v) is 2.66. The lowest BCUT2D eigenvalue weighted by Gasteiger charge is -2.21. The van der Waals surface area contributed by atoms with E-state index in [2.05, 4.69) is 12.2 Å². The summed E-state index contributed by atoms with van der Waals surface area (Å²) in [4.78, 5) is 23.6. The van der Waals surface area contributed by atoms with E-state index in [1.807, 2.05) is 6.92 Å². The quantitative estimate of drug-likeness (QED) is 0.733. The SMILES string of the molecule is CC1CC(C)N(C(=O)NCCC(=O)O)C1. The second kappa shape index (κ2) is 5.00. The van der Waals surface area contributed by atoms with Gasteiger partial charge >= 0.3 is 12.0 Å². The van der Waals surface area contributed by atoms with Crippen molar-refractivity contribution in [2.75, 3.05) is 13.1 Å². The number of carboxylic acid groups (broad SMARTS) is 1. The van der Waals surface area contributed by atoms with Crippen LogP contribution in [0, 0.1) is 5.92 Å². The van der Waals surface area contributed by atoms with Crippen molar-refractivity contribution in [3.63, 3.8) is 0 Å². The smallest absolute Gasteiger partial charge is 0.317 e. The third-order valence-electron chi connectivity index (χ3n) is 2.66. The summed E-state index contributed by atoms with van der Waals surface area (Å²) < 4.78 is 0. The van der Waals surface area contributed by atoms with Gasteiger partial charge in [0.1, 0.15) is 0 Å². The van der Waals surface area contributed by atoms with E-state index in [4.69, 9.17) is 5.11 Å². The van der Waals surface area contributed by atoms with E-state index < -0.39 is 5.97 Å². The lowest BCUT2D eigenvalue weighted by atomic mass is 10.1. The number of nitrogens with zero attached hydrogens (tertiary/aromatic N) is 1. The molecular weight excluding hydrogens is 196 g/mol. The number of urea groups is 1. The zero-order valence-corrected chi connectivity index (χ0v) is 9.19. The maximum absolute atomic E-state index is 11.6. The minimum atomic E-state index is -0.891. The van der Waals surface area contributed by atoms with Gasteiger partial charge in [-0.3, -0.25) is 4.79 Å². The molecule has 1 aliphatic heterocycles. The van der Waals surface area contributed by atoms with Gasteiger partial charge in [-0.15, -0.1) is 0 Å². The van der Waals surface area contributed by atoms with Crippen LogP contribution < -0.4 is 5.32 Å². The topological polar surface area (TPSA) is 69.6 Å². The van der Waals surface area contributed by atoms with Gasteiger partial charge in [-0.05, 0) is 19.3 Å². The number of nitrogens with one attached hydrogen (secondary N) is 1. The summed E-state index contributed by atoms with van der Waals surface area (Å²) in [5, 5.41) is 11.0. The number of carbonyl (C=O) groups is 2. The van der Waals surface area contributed by atoms with Crippen LogP contribution in [0.3, 0.4) is 0 Å². The molecule has 0 aliphatic carbocycles. The highest BCUT2D eigenvalue weighted by atomic mass is 16.4. The standard InChI is InChI=1S/C10H18N2O3/c1-7-5-8(2)12(6-7)10(15)11-4-3-9(13)14/h7-8H,3-6H2,1-2H3,(H,11,15)(H,13,14). The molecule has 1 aliphatic rings. The molecule has 0 aromatic rings. The van der Waals surface area contributed by atoms with Crippen LogP contribution in [0.5, 0.6) is 0 Å². The fraction of sp³-hybridized carbons (Fsp3) is 0.800. The summed E-state index contributed by atoms with van der Waals surface area (Å²) in [7, 11) is 0. The fourth-order valence-corrected chi connectivity index (χ4v) is 1.96. The summed E-state index contributed by atoms with van der Waals surface area (Å²) in [6.45, 7) is 5.09. The Morgan fingerprint density at radius 3 is 2.60 bits per heavy atom. The Morgan fingerprint density at radius 2 is 2.13 bits per heavy atom. The summed E-state index contributed by atoms with van der Waals surface area (Å²) >= 11 is 0. The third kappa shape index (κ3) is 3.42. The molecule has 2 atom stereocenters. The number of amides is 2. The largest absolute Gasteiger partial charge is 0.481 e. The second-order valence-electron chi connectivity index (χ2n) is 4.22. The molecule has 1 heterocycles. The maximum atomic E-state index is 11.6. The van der Waals surface area contributed by atoms with Crippen LogP contribution in [0.15, 0.2) is 0 Å². The fourth-order valence-electron chi connectivity index (χ4n) is 1.96.